The van der Waals surface area contributed by atoms with Crippen LogP contribution < -0.4 is 5.32 Å². The molecule has 1 aromatic rings. The van der Waals surface area contributed by atoms with Crippen LogP contribution in [0.5, 0.6) is 0 Å². The van der Waals surface area contributed by atoms with Gasteiger partial charge in [-0.2, -0.15) is 0 Å². The molecule has 0 aliphatic rings. The highest BCUT2D eigenvalue weighted by molar-refractivity contribution is 9.09. The molecule has 0 radical (unpaired) electrons. The van der Waals surface area contributed by atoms with Crippen molar-refractivity contribution >= 4 is 27.5 Å². The van der Waals surface area contributed by atoms with Gasteiger partial charge in [0, 0.05) is 16.4 Å². The van der Waals surface area contributed by atoms with Gasteiger partial charge in [0.05, 0.1) is 0 Å². The Morgan fingerprint density at radius 1 is 1.18 bits per heavy atom. The highest BCUT2D eigenvalue weighted by atomic mass is 79.9. The van der Waals surface area contributed by atoms with Gasteiger partial charge in [0.2, 0.25) is 5.91 Å². The summed E-state index contributed by atoms with van der Waals surface area (Å²) in [6.45, 7) is 8.13. The number of rotatable bonds is 4. The van der Waals surface area contributed by atoms with Crippen LogP contribution in [0.2, 0.25) is 0 Å². The van der Waals surface area contributed by atoms with Gasteiger partial charge in [0.25, 0.3) is 0 Å². The van der Waals surface area contributed by atoms with Crippen LogP contribution in [0.4, 0.5) is 5.69 Å². The third-order valence-corrected chi connectivity index (χ3v) is 3.55. The number of carbonyl (C=O) groups is 1. The van der Waals surface area contributed by atoms with Crippen molar-refractivity contribution in [1.82, 2.24) is 0 Å². The maximum atomic E-state index is 12.0. The van der Waals surface area contributed by atoms with Crippen molar-refractivity contribution in [2.45, 2.75) is 32.5 Å². The lowest BCUT2D eigenvalue weighted by atomic mass is 9.97. The van der Waals surface area contributed by atoms with Crippen LogP contribution >= 0.6 is 15.9 Å². The van der Waals surface area contributed by atoms with Gasteiger partial charge >= 0.3 is 0 Å². The summed E-state index contributed by atoms with van der Waals surface area (Å²) in [4.78, 5) is 12.2. The van der Waals surface area contributed by atoms with Crippen molar-refractivity contribution in [2.75, 3.05) is 5.32 Å². The number of alkyl halides is 1. The molecule has 94 valence electrons. The smallest absolute Gasteiger partial charge is 0.227 e. The Kier molecular flexibility index (Phi) is 5.19. The molecule has 0 fully saturated rings. The zero-order valence-electron chi connectivity index (χ0n) is 10.8. The minimum Gasteiger partial charge on any atom is -0.326 e. The Morgan fingerprint density at radius 2 is 1.76 bits per heavy atom. The Labute approximate surface area is 112 Å². The van der Waals surface area contributed by atoms with Crippen LogP contribution in [0.1, 0.15) is 38.1 Å². The molecule has 3 heteroatoms. The largest absolute Gasteiger partial charge is 0.326 e. The molecule has 1 N–H and O–H groups in total. The number of anilines is 1. The predicted molar refractivity (Wildman–Crippen MR) is 76.4 cm³/mol. The topological polar surface area (TPSA) is 29.1 Å². The molecule has 0 saturated heterocycles. The maximum Gasteiger partial charge on any atom is 0.227 e. The number of amides is 1. The van der Waals surface area contributed by atoms with Crippen molar-refractivity contribution in [3.63, 3.8) is 0 Å². The molecule has 17 heavy (non-hydrogen) atoms. The lowest BCUT2D eigenvalue weighted by Gasteiger charge is -2.18. The van der Waals surface area contributed by atoms with Crippen LogP contribution in [0, 0.1) is 11.8 Å². The van der Waals surface area contributed by atoms with E-state index >= 15 is 0 Å². The maximum absolute atomic E-state index is 12.0. The monoisotopic (exact) mass is 297 g/mol. The second kappa shape index (κ2) is 6.20. The van der Waals surface area contributed by atoms with Crippen LogP contribution in [0.25, 0.3) is 0 Å². The lowest BCUT2D eigenvalue weighted by Crippen LogP contribution is -2.24. The minimum atomic E-state index is 0.0219. The van der Waals surface area contributed by atoms with E-state index < -0.39 is 0 Å². The molecule has 1 rings (SSSR count). The summed E-state index contributed by atoms with van der Waals surface area (Å²) in [6.07, 6.45) is 0. The SMILES string of the molecule is CC(Br)c1ccccc1NC(=O)C(C)C(C)C. The van der Waals surface area contributed by atoms with E-state index in [1.807, 2.05) is 31.2 Å². The van der Waals surface area contributed by atoms with Gasteiger partial charge in [0.1, 0.15) is 0 Å². The highest BCUT2D eigenvalue weighted by Crippen LogP contribution is 2.29. The first kappa shape index (κ1) is 14.2. The van der Waals surface area contributed by atoms with Gasteiger partial charge in [-0.15, -0.1) is 0 Å². The van der Waals surface area contributed by atoms with Crippen molar-refractivity contribution < 1.29 is 4.79 Å². The van der Waals surface area contributed by atoms with E-state index in [0.29, 0.717) is 5.92 Å². The first-order valence-corrected chi connectivity index (χ1v) is 6.89. The molecule has 0 aliphatic carbocycles. The molecule has 0 aliphatic heterocycles. The third kappa shape index (κ3) is 3.84. The average Bonchev–Trinajstić information content (AvgIpc) is 2.28. The fraction of sp³-hybridized carbons (Fsp3) is 0.500. The van der Waals surface area contributed by atoms with E-state index in [0.717, 1.165) is 11.3 Å². The van der Waals surface area contributed by atoms with E-state index in [-0.39, 0.29) is 16.7 Å². The molecule has 2 nitrogen and oxygen atoms in total. The number of para-hydroxylation sites is 1. The Bertz CT molecular complexity index is 388. The fourth-order valence-corrected chi connectivity index (χ4v) is 1.91. The predicted octanol–water partition coefficient (Wildman–Crippen LogP) is 4.37. The van der Waals surface area contributed by atoms with E-state index in [1.54, 1.807) is 0 Å². The molecular weight excluding hydrogens is 278 g/mol. The lowest BCUT2D eigenvalue weighted by molar-refractivity contribution is -0.120. The quantitative estimate of drug-likeness (QED) is 0.821. The summed E-state index contributed by atoms with van der Waals surface area (Å²) in [5, 5.41) is 3.00. The first-order valence-electron chi connectivity index (χ1n) is 5.97. The van der Waals surface area contributed by atoms with Crippen LogP contribution in [0.15, 0.2) is 24.3 Å². The van der Waals surface area contributed by atoms with Crippen molar-refractivity contribution in [1.29, 1.82) is 0 Å². The zero-order chi connectivity index (χ0) is 13.0. The highest BCUT2D eigenvalue weighted by Gasteiger charge is 2.18. The first-order chi connectivity index (χ1) is 7.93. The summed E-state index contributed by atoms with van der Waals surface area (Å²) in [6, 6.07) is 7.89. The van der Waals surface area contributed by atoms with Crippen molar-refractivity contribution in [2.24, 2.45) is 11.8 Å². The Morgan fingerprint density at radius 3 is 2.29 bits per heavy atom. The normalized spacial score (nSPS) is 14.5. The molecule has 2 atom stereocenters. The van der Waals surface area contributed by atoms with E-state index in [2.05, 4.69) is 42.0 Å². The number of hydrogen-bond donors (Lipinski definition) is 1. The fourth-order valence-electron chi connectivity index (χ4n) is 1.51. The number of halogens is 1. The molecule has 0 aromatic heterocycles. The van der Waals surface area contributed by atoms with Gasteiger partial charge in [-0.25, -0.2) is 0 Å². The Balaban J connectivity index is 2.85. The van der Waals surface area contributed by atoms with E-state index in [9.17, 15) is 4.79 Å². The van der Waals surface area contributed by atoms with Gasteiger partial charge in [-0.05, 0) is 24.5 Å². The van der Waals surface area contributed by atoms with Crippen molar-refractivity contribution in [3.05, 3.63) is 29.8 Å². The summed E-state index contributed by atoms with van der Waals surface area (Å²) < 4.78 is 0. The second-order valence-electron chi connectivity index (χ2n) is 4.73. The molecule has 2 unspecified atom stereocenters. The summed E-state index contributed by atoms with van der Waals surface area (Å²) in [5.74, 6) is 0.456. The summed E-state index contributed by atoms with van der Waals surface area (Å²) >= 11 is 3.54. The molecular formula is C14H20BrNO. The van der Waals surface area contributed by atoms with Crippen LogP contribution in [-0.2, 0) is 4.79 Å². The van der Waals surface area contributed by atoms with Gasteiger partial charge < -0.3 is 5.32 Å². The van der Waals surface area contributed by atoms with Crippen molar-refractivity contribution in [3.8, 4) is 0 Å². The van der Waals surface area contributed by atoms with Crippen LogP contribution in [0.3, 0.4) is 0 Å². The molecule has 0 bridgehead atoms. The molecule has 0 heterocycles. The van der Waals surface area contributed by atoms with Crippen LogP contribution in [-0.4, -0.2) is 5.91 Å². The summed E-state index contributed by atoms with van der Waals surface area (Å²) in [5.41, 5.74) is 2.01. The molecule has 0 spiro atoms. The minimum absolute atomic E-state index is 0.0219. The average molecular weight is 298 g/mol. The van der Waals surface area contributed by atoms with Gasteiger partial charge in [-0.3, -0.25) is 4.79 Å². The third-order valence-electron chi connectivity index (χ3n) is 3.06. The van der Waals surface area contributed by atoms with E-state index in [4.69, 9.17) is 0 Å². The summed E-state index contributed by atoms with van der Waals surface area (Å²) in [7, 11) is 0. The van der Waals surface area contributed by atoms with E-state index in [1.165, 1.54) is 0 Å². The number of benzene rings is 1. The number of hydrogen-bond acceptors (Lipinski definition) is 1. The van der Waals surface area contributed by atoms with Gasteiger partial charge in [0.15, 0.2) is 0 Å². The van der Waals surface area contributed by atoms with Gasteiger partial charge in [-0.1, -0.05) is 54.9 Å². The number of nitrogens with one attached hydrogen (secondary N) is 1. The standard InChI is InChI=1S/C14H20BrNO/c1-9(2)10(3)14(17)16-13-8-6-5-7-12(13)11(4)15/h5-11H,1-4H3,(H,16,17). The molecule has 1 aromatic carbocycles. The molecule has 1 amide bonds. The molecule has 0 saturated carbocycles. The zero-order valence-corrected chi connectivity index (χ0v) is 12.4. The second-order valence-corrected chi connectivity index (χ2v) is 6.10. The number of carbonyl (C=O) groups excluding carboxylic acids is 1. The Hall–Kier alpha value is -0.830.